The molecule has 122 valence electrons. The van der Waals surface area contributed by atoms with Crippen molar-refractivity contribution in [3.63, 3.8) is 0 Å². The molecule has 5 heteroatoms. The minimum absolute atomic E-state index is 0.139. The van der Waals surface area contributed by atoms with E-state index in [-0.39, 0.29) is 5.54 Å². The maximum Gasteiger partial charge on any atom is 0.0595 e. The number of ether oxygens (including phenoxy) is 1. The SMILES string of the molecule is CN(CCN1CCOCC1)C1(c2ccc(Cl)c(Cl)c2)CCC1. The summed E-state index contributed by atoms with van der Waals surface area (Å²) in [5.41, 5.74) is 1.44. The number of benzene rings is 1. The zero-order valence-electron chi connectivity index (χ0n) is 13.2. The molecule has 0 amide bonds. The number of likely N-dealkylation sites (N-methyl/N-ethyl adjacent to an activating group) is 1. The quantitative estimate of drug-likeness (QED) is 0.812. The molecule has 3 rings (SSSR count). The Morgan fingerprint density at radius 3 is 2.50 bits per heavy atom. The van der Waals surface area contributed by atoms with Crippen LogP contribution < -0.4 is 0 Å². The van der Waals surface area contributed by atoms with Gasteiger partial charge in [0, 0.05) is 31.7 Å². The van der Waals surface area contributed by atoms with Crippen LogP contribution in [0.3, 0.4) is 0 Å². The minimum atomic E-state index is 0.139. The number of halogens is 2. The topological polar surface area (TPSA) is 15.7 Å². The molecule has 0 atom stereocenters. The first-order valence-electron chi connectivity index (χ1n) is 8.09. The Kier molecular flexibility index (Phi) is 5.31. The van der Waals surface area contributed by atoms with Crippen LogP contribution in [0.2, 0.25) is 10.0 Å². The fraction of sp³-hybridized carbons (Fsp3) is 0.647. The number of rotatable bonds is 5. The van der Waals surface area contributed by atoms with E-state index in [9.17, 15) is 0 Å². The average molecular weight is 343 g/mol. The van der Waals surface area contributed by atoms with Crippen LogP contribution >= 0.6 is 23.2 Å². The average Bonchev–Trinajstić information content (AvgIpc) is 2.49. The van der Waals surface area contributed by atoms with Crippen LogP contribution in [0.5, 0.6) is 0 Å². The molecule has 2 aliphatic rings. The van der Waals surface area contributed by atoms with Gasteiger partial charge in [0.2, 0.25) is 0 Å². The van der Waals surface area contributed by atoms with Crippen LogP contribution in [-0.2, 0) is 10.3 Å². The van der Waals surface area contributed by atoms with Crippen molar-refractivity contribution >= 4 is 23.2 Å². The second-order valence-electron chi connectivity index (χ2n) is 6.39. The summed E-state index contributed by atoms with van der Waals surface area (Å²) in [6, 6.07) is 6.11. The highest BCUT2D eigenvalue weighted by Crippen LogP contribution is 2.46. The third-order valence-electron chi connectivity index (χ3n) is 5.22. The molecule has 0 unspecified atom stereocenters. The molecule has 0 radical (unpaired) electrons. The lowest BCUT2D eigenvalue weighted by molar-refractivity contribution is 0.00476. The highest BCUT2D eigenvalue weighted by atomic mass is 35.5. The van der Waals surface area contributed by atoms with Crippen molar-refractivity contribution in [3.05, 3.63) is 33.8 Å². The highest BCUT2D eigenvalue weighted by Gasteiger charge is 2.42. The van der Waals surface area contributed by atoms with E-state index in [0.717, 1.165) is 39.4 Å². The van der Waals surface area contributed by atoms with Gasteiger partial charge in [-0.3, -0.25) is 9.80 Å². The zero-order chi connectivity index (χ0) is 15.6. The fourth-order valence-corrected chi connectivity index (χ4v) is 3.82. The number of hydrogen-bond acceptors (Lipinski definition) is 3. The lowest BCUT2D eigenvalue weighted by Crippen LogP contribution is -2.52. The summed E-state index contributed by atoms with van der Waals surface area (Å²) in [6.45, 7) is 5.99. The van der Waals surface area contributed by atoms with Crippen molar-refractivity contribution in [2.75, 3.05) is 46.4 Å². The normalized spacial score (nSPS) is 21.8. The Balaban J connectivity index is 1.67. The third kappa shape index (κ3) is 3.29. The van der Waals surface area contributed by atoms with Gasteiger partial charge in [-0.1, -0.05) is 29.3 Å². The van der Waals surface area contributed by atoms with Crippen LogP contribution in [0, 0.1) is 0 Å². The zero-order valence-corrected chi connectivity index (χ0v) is 14.7. The maximum atomic E-state index is 6.23. The maximum absolute atomic E-state index is 6.23. The predicted molar refractivity (Wildman–Crippen MR) is 91.9 cm³/mol. The molecule has 0 bridgehead atoms. The second kappa shape index (κ2) is 7.06. The molecule has 1 saturated carbocycles. The molecule has 1 aromatic carbocycles. The number of hydrogen-bond donors (Lipinski definition) is 0. The Hall–Kier alpha value is -0.320. The van der Waals surface area contributed by atoms with E-state index in [0.29, 0.717) is 10.0 Å². The van der Waals surface area contributed by atoms with Crippen LogP contribution in [0.25, 0.3) is 0 Å². The van der Waals surface area contributed by atoms with Crippen LogP contribution in [0.15, 0.2) is 18.2 Å². The lowest BCUT2D eigenvalue weighted by atomic mass is 9.70. The molecule has 1 aliphatic carbocycles. The second-order valence-corrected chi connectivity index (χ2v) is 7.20. The van der Waals surface area contributed by atoms with Gasteiger partial charge < -0.3 is 4.74 Å². The largest absolute Gasteiger partial charge is 0.379 e. The van der Waals surface area contributed by atoms with Gasteiger partial charge >= 0.3 is 0 Å². The Morgan fingerprint density at radius 2 is 1.91 bits per heavy atom. The van der Waals surface area contributed by atoms with E-state index in [1.807, 2.05) is 12.1 Å². The monoisotopic (exact) mass is 342 g/mol. The smallest absolute Gasteiger partial charge is 0.0595 e. The van der Waals surface area contributed by atoms with E-state index in [4.69, 9.17) is 27.9 Å². The van der Waals surface area contributed by atoms with Gasteiger partial charge in [-0.25, -0.2) is 0 Å². The van der Waals surface area contributed by atoms with Gasteiger partial charge in [-0.15, -0.1) is 0 Å². The molecule has 0 aromatic heterocycles. The molecule has 1 aromatic rings. The van der Waals surface area contributed by atoms with E-state index < -0.39 is 0 Å². The van der Waals surface area contributed by atoms with Crippen LogP contribution in [-0.4, -0.2) is 56.2 Å². The summed E-state index contributed by atoms with van der Waals surface area (Å²) in [7, 11) is 2.24. The summed E-state index contributed by atoms with van der Waals surface area (Å²) in [5.74, 6) is 0. The molecule has 0 N–H and O–H groups in total. The molecule has 2 fully saturated rings. The molecule has 1 heterocycles. The molecule has 0 spiro atoms. The predicted octanol–water partition coefficient (Wildman–Crippen LogP) is 3.64. The summed E-state index contributed by atoms with van der Waals surface area (Å²) >= 11 is 12.3. The Morgan fingerprint density at radius 1 is 1.18 bits per heavy atom. The van der Waals surface area contributed by atoms with E-state index in [1.54, 1.807) is 0 Å². The third-order valence-corrected chi connectivity index (χ3v) is 5.96. The number of nitrogens with zero attached hydrogens (tertiary/aromatic N) is 2. The Labute approximate surface area is 143 Å². The molecule has 3 nitrogen and oxygen atoms in total. The molecular formula is C17H24Cl2N2O. The van der Waals surface area contributed by atoms with Crippen molar-refractivity contribution < 1.29 is 4.74 Å². The first kappa shape index (κ1) is 16.5. The van der Waals surface area contributed by atoms with Crippen molar-refractivity contribution in [2.45, 2.75) is 24.8 Å². The van der Waals surface area contributed by atoms with Crippen molar-refractivity contribution in [1.29, 1.82) is 0 Å². The Bertz CT molecular complexity index is 513. The molecular weight excluding hydrogens is 319 g/mol. The first-order chi connectivity index (χ1) is 10.6. The van der Waals surface area contributed by atoms with Crippen LogP contribution in [0.1, 0.15) is 24.8 Å². The van der Waals surface area contributed by atoms with Gasteiger partial charge in [0.05, 0.1) is 23.3 Å². The fourth-order valence-electron chi connectivity index (χ4n) is 3.52. The van der Waals surface area contributed by atoms with Crippen LogP contribution in [0.4, 0.5) is 0 Å². The minimum Gasteiger partial charge on any atom is -0.379 e. The first-order valence-corrected chi connectivity index (χ1v) is 8.84. The molecule has 1 aliphatic heterocycles. The number of morpholine rings is 1. The van der Waals surface area contributed by atoms with Gasteiger partial charge in [0.1, 0.15) is 0 Å². The molecule has 1 saturated heterocycles. The molecule has 22 heavy (non-hydrogen) atoms. The standard InChI is InChI=1S/C17H24Cl2N2O/c1-20(7-8-21-9-11-22-12-10-21)17(5-2-6-17)14-3-4-15(18)16(19)13-14/h3-4,13H,2,5-12H2,1H3. The van der Waals surface area contributed by atoms with Gasteiger partial charge in [-0.2, -0.15) is 0 Å². The lowest BCUT2D eigenvalue weighted by Gasteiger charge is -2.50. The summed E-state index contributed by atoms with van der Waals surface area (Å²) < 4.78 is 5.42. The summed E-state index contributed by atoms with van der Waals surface area (Å²) in [5, 5.41) is 1.29. The van der Waals surface area contributed by atoms with E-state index in [2.05, 4.69) is 22.9 Å². The highest BCUT2D eigenvalue weighted by molar-refractivity contribution is 6.42. The van der Waals surface area contributed by atoms with E-state index in [1.165, 1.54) is 24.8 Å². The van der Waals surface area contributed by atoms with Crippen molar-refractivity contribution in [1.82, 2.24) is 9.80 Å². The van der Waals surface area contributed by atoms with Gasteiger partial charge in [0.25, 0.3) is 0 Å². The van der Waals surface area contributed by atoms with Gasteiger partial charge in [0.15, 0.2) is 0 Å². The van der Waals surface area contributed by atoms with E-state index >= 15 is 0 Å². The van der Waals surface area contributed by atoms with Crippen molar-refractivity contribution in [3.8, 4) is 0 Å². The van der Waals surface area contributed by atoms with Crippen molar-refractivity contribution in [2.24, 2.45) is 0 Å². The summed E-state index contributed by atoms with van der Waals surface area (Å²) in [4.78, 5) is 4.99. The van der Waals surface area contributed by atoms with Gasteiger partial charge in [-0.05, 0) is 44.0 Å². The summed E-state index contributed by atoms with van der Waals surface area (Å²) in [6.07, 6.45) is 3.68.